The second-order valence-electron chi connectivity index (χ2n) is 12.6. The van der Waals surface area contributed by atoms with Crippen molar-refractivity contribution in [3.63, 3.8) is 0 Å². The SMILES string of the molecule is O=C1NC(=O)N(c2ccc(C34CC5CC(CC(C5)C3)C4)cc2)C(=O)/C1=C/c1cc(Br)ccc1OCc1ccc([N+](=O)[O-])cc1. The van der Waals surface area contributed by atoms with Gasteiger partial charge in [-0.05, 0) is 121 Å². The van der Waals surface area contributed by atoms with Crippen molar-refractivity contribution in [2.75, 3.05) is 4.90 Å². The van der Waals surface area contributed by atoms with Crippen LogP contribution in [0.15, 0.2) is 76.8 Å². The smallest absolute Gasteiger partial charge is 0.335 e. The number of imide groups is 2. The first-order chi connectivity index (χ1) is 21.2. The molecule has 4 saturated carbocycles. The van der Waals surface area contributed by atoms with E-state index >= 15 is 0 Å². The third-order valence-corrected chi connectivity index (χ3v) is 10.2. The van der Waals surface area contributed by atoms with Crippen molar-refractivity contribution in [3.05, 3.63) is 104 Å². The first-order valence-corrected chi connectivity index (χ1v) is 15.6. The van der Waals surface area contributed by atoms with Crippen LogP contribution >= 0.6 is 15.9 Å². The molecule has 44 heavy (non-hydrogen) atoms. The number of amides is 4. The first kappa shape index (κ1) is 28.5. The molecule has 10 heteroatoms. The van der Waals surface area contributed by atoms with E-state index in [0.717, 1.165) is 22.7 Å². The first-order valence-electron chi connectivity index (χ1n) is 14.9. The molecule has 0 unspecified atom stereocenters. The normalized spacial score (nSPS) is 26.7. The van der Waals surface area contributed by atoms with Crippen molar-refractivity contribution in [1.82, 2.24) is 5.32 Å². The van der Waals surface area contributed by atoms with E-state index in [0.29, 0.717) is 27.0 Å². The number of anilines is 1. The number of halogens is 1. The highest BCUT2D eigenvalue weighted by Crippen LogP contribution is 2.60. The summed E-state index contributed by atoms with van der Waals surface area (Å²) in [6.45, 7) is 0.108. The minimum atomic E-state index is -0.789. The minimum absolute atomic E-state index is 0.0221. The van der Waals surface area contributed by atoms with Crippen LogP contribution in [0.1, 0.15) is 55.2 Å². The van der Waals surface area contributed by atoms with Crippen LogP contribution in [0.3, 0.4) is 0 Å². The van der Waals surface area contributed by atoms with Crippen molar-refractivity contribution in [2.45, 2.75) is 50.5 Å². The summed E-state index contributed by atoms with van der Waals surface area (Å²) >= 11 is 3.43. The fraction of sp³-hybridized carbons (Fsp3) is 0.324. The Hall–Kier alpha value is -4.31. The van der Waals surface area contributed by atoms with Crippen molar-refractivity contribution >= 4 is 51.2 Å². The lowest BCUT2D eigenvalue weighted by atomic mass is 9.48. The molecule has 5 fully saturated rings. The molecule has 1 aliphatic heterocycles. The van der Waals surface area contributed by atoms with Crippen LogP contribution in [0.4, 0.5) is 16.2 Å². The maximum atomic E-state index is 13.7. The van der Waals surface area contributed by atoms with Gasteiger partial charge in [-0.3, -0.25) is 25.0 Å². The molecule has 0 spiro atoms. The second kappa shape index (κ2) is 11.0. The van der Waals surface area contributed by atoms with E-state index < -0.39 is 22.8 Å². The van der Waals surface area contributed by atoms with Crippen LogP contribution < -0.4 is 15.0 Å². The molecule has 1 N–H and O–H groups in total. The number of carbonyl (C=O) groups is 3. The predicted molar refractivity (Wildman–Crippen MR) is 167 cm³/mol. The summed E-state index contributed by atoms with van der Waals surface area (Å²) in [7, 11) is 0. The molecule has 9 nitrogen and oxygen atoms in total. The number of carbonyl (C=O) groups excluding carboxylic acids is 3. The third-order valence-electron chi connectivity index (χ3n) is 9.69. The lowest BCUT2D eigenvalue weighted by Crippen LogP contribution is -2.54. The van der Waals surface area contributed by atoms with Crippen molar-refractivity contribution in [1.29, 1.82) is 0 Å². The van der Waals surface area contributed by atoms with Crippen LogP contribution in [0.5, 0.6) is 5.75 Å². The van der Waals surface area contributed by atoms with E-state index in [1.54, 1.807) is 30.3 Å². The summed E-state index contributed by atoms with van der Waals surface area (Å²) in [5, 5.41) is 13.3. The van der Waals surface area contributed by atoms with Gasteiger partial charge < -0.3 is 4.74 Å². The van der Waals surface area contributed by atoms with Gasteiger partial charge in [0.1, 0.15) is 17.9 Å². The van der Waals surface area contributed by atoms with Gasteiger partial charge in [0.25, 0.3) is 17.5 Å². The Labute approximate surface area is 262 Å². The summed E-state index contributed by atoms with van der Waals surface area (Å²) in [6.07, 6.45) is 9.11. The Balaban J connectivity index is 1.13. The number of nitrogens with one attached hydrogen (secondary N) is 1. The molecule has 1 heterocycles. The number of rotatable bonds is 7. The standard InChI is InChI=1S/C34H30BrN3O6/c35-26-5-10-30(44-19-20-1-6-28(7-2-20)38(42)43)24(14-26)15-29-31(39)36-33(41)37(32(29)40)27-8-3-25(4-9-27)34-16-21-11-22(17-34)13-23(12-21)18-34/h1-10,14-15,21-23H,11-13,16-19H2,(H,36,39,41)/b29-15+. The summed E-state index contributed by atoms with van der Waals surface area (Å²) in [5.74, 6) is 1.29. The highest BCUT2D eigenvalue weighted by molar-refractivity contribution is 9.10. The van der Waals surface area contributed by atoms with Crippen LogP contribution in [0.2, 0.25) is 0 Å². The highest BCUT2D eigenvalue weighted by Gasteiger charge is 2.51. The third kappa shape index (κ3) is 5.21. The summed E-state index contributed by atoms with van der Waals surface area (Å²) < 4.78 is 6.68. The van der Waals surface area contributed by atoms with Crippen molar-refractivity contribution in [2.24, 2.45) is 17.8 Å². The van der Waals surface area contributed by atoms with E-state index in [1.165, 1.54) is 62.3 Å². The molecule has 3 aromatic carbocycles. The minimum Gasteiger partial charge on any atom is -0.488 e. The second-order valence-corrected chi connectivity index (χ2v) is 13.5. The van der Waals surface area contributed by atoms with E-state index in [1.807, 2.05) is 12.1 Å². The molecule has 224 valence electrons. The number of hydrogen-bond donors (Lipinski definition) is 1. The van der Waals surface area contributed by atoms with Crippen LogP contribution in [0.25, 0.3) is 6.08 Å². The van der Waals surface area contributed by atoms with Gasteiger partial charge in [0.05, 0.1) is 10.6 Å². The molecule has 0 radical (unpaired) electrons. The molecule has 4 aliphatic carbocycles. The van der Waals surface area contributed by atoms with Crippen molar-refractivity contribution in [3.8, 4) is 5.75 Å². The number of hydrogen-bond acceptors (Lipinski definition) is 6. The van der Waals surface area contributed by atoms with Gasteiger partial charge >= 0.3 is 6.03 Å². The highest BCUT2D eigenvalue weighted by atomic mass is 79.9. The summed E-state index contributed by atoms with van der Waals surface area (Å²) in [5.41, 5.74) is 2.81. The number of benzene rings is 3. The number of nitro groups is 1. The van der Waals surface area contributed by atoms with Gasteiger partial charge in [-0.1, -0.05) is 28.1 Å². The quantitative estimate of drug-likeness (QED) is 0.126. The number of nitrogens with zero attached hydrogens (tertiary/aromatic N) is 2. The molecular weight excluding hydrogens is 626 g/mol. The molecule has 3 aromatic rings. The number of barbiturate groups is 1. The van der Waals surface area contributed by atoms with Crippen molar-refractivity contribution < 1.29 is 24.0 Å². The average Bonchev–Trinajstić information content (AvgIpc) is 2.98. The van der Waals surface area contributed by atoms with E-state index in [2.05, 4.69) is 33.4 Å². The Morgan fingerprint density at radius 1 is 0.932 bits per heavy atom. The van der Waals surface area contributed by atoms with Gasteiger partial charge in [0, 0.05) is 22.2 Å². The monoisotopic (exact) mass is 655 g/mol. The zero-order chi connectivity index (χ0) is 30.6. The molecule has 4 bridgehead atoms. The Morgan fingerprint density at radius 3 is 2.18 bits per heavy atom. The summed E-state index contributed by atoms with van der Waals surface area (Å²) in [4.78, 5) is 51.0. The molecular formula is C34H30BrN3O6. The van der Waals surface area contributed by atoms with Gasteiger partial charge in [0.15, 0.2) is 0 Å². The van der Waals surface area contributed by atoms with E-state index in [4.69, 9.17) is 4.74 Å². The Kier molecular flexibility index (Phi) is 7.11. The lowest BCUT2D eigenvalue weighted by molar-refractivity contribution is -0.384. The van der Waals surface area contributed by atoms with Crippen LogP contribution in [-0.2, 0) is 21.6 Å². The maximum Gasteiger partial charge on any atom is 0.335 e. The van der Waals surface area contributed by atoms with Gasteiger partial charge in [-0.25, -0.2) is 9.69 Å². The summed E-state index contributed by atoms with van der Waals surface area (Å²) in [6, 6.07) is 18.1. The van der Waals surface area contributed by atoms with Crippen LogP contribution in [-0.4, -0.2) is 22.8 Å². The van der Waals surface area contributed by atoms with Gasteiger partial charge in [0.2, 0.25) is 0 Å². The Bertz CT molecular complexity index is 1680. The van der Waals surface area contributed by atoms with Crippen LogP contribution in [0, 0.1) is 27.9 Å². The van der Waals surface area contributed by atoms with E-state index in [9.17, 15) is 24.5 Å². The predicted octanol–water partition coefficient (Wildman–Crippen LogP) is 7.07. The zero-order valence-corrected chi connectivity index (χ0v) is 25.4. The number of non-ortho nitro benzene ring substituents is 1. The Morgan fingerprint density at radius 2 is 1.57 bits per heavy atom. The van der Waals surface area contributed by atoms with Gasteiger partial charge in [-0.2, -0.15) is 0 Å². The maximum absolute atomic E-state index is 13.7. The lowest BCUT2D eigenvalue weighted by Gasteiger charge is -2.57. The molecule has 1 saturated heterocycles. The molecule has 5 aliphatic rings. The number of nitro benzene ring substituents is 1. The molecule has 0 aromatic heterocycles. The van der Waals surface area contributed by atoms with E-state index in [-0.39, 0.29) is 23.3 Å². The topological polar surface area (TPSA) is 119 Å². The molecule has 4 amide bonds. The fourth-order valence-electron chi connectivity index (χ4n) is 8.11. The number of urea groups is 1. The zero-order valence-electron chi connectivity index (χ0n) is 23.8. The number of ether oxygens (including phenoxy) is 1. The average molecular weight is 657 g/mol. The van der Waals surface area contributed by atoms with Gasteiger partial charge in [-0.15, -0.1) is 0 Å². The molecule has 8 rings (SSSR count). The molecule has 0 atom stereocenters. The fourth-order valence-corrected chi connectivity index (χ4v) is 8.49. The largest absolute Gasteiger partial charge is 0.488 e.